The van der Waals surface area contributed by atoms with Gasteiger partial charge in [-0.2, -0.15) is 0 Å². The van der Waals surface area contributed by atoms with Crippen LogP contribution in [0.1, 0.15) is 44.9 Å². The Morgan fingerprint density at radius 3 is 2.17 bits per heavy atom. The Morgan fingerprint density at radius 2 is 1.58 bits per heavy atom. The molecule has 0 spiro atoms. The second-order valence-electron chi connectivity index (χ2n) is 2.96. The molecule has 0 aromatic carbocycles. The van der Waals surface area contributed by atoms with Crippen LogP contribution >= 0.6 is 0 Å². The average Bonchev–Trinajstić information content (AvgIpc) is 2.10. The number of nitrogens with one attached hydrogen (secondary N) is 1. The molecule has 1 N–H and O–H groups in total. The van der Waals surface area contributed by atoms with E-state index in [1.807, 2.05) is 6.08 Å². The van der Waals surface area contributed by atoms with Crippen LogP contribution in [0, 0.1) is 5.21 Å². The normalized spacial score (nSPS) is 10.7. The lowest BCUT2D eigenvalue weighted by molar-refractivity contribution is -0.368. The van der Waals surface area contributed by atoms with E-state index in [2.05, 4.69) is 6.58 Å². The van der Waals surface area contributed by atoms with Crippen molar-refractivity contribution in [1.82, 2.24) is 0 Å². The van der Waals surface area contributed by atoms with E-state index in [4.69, 9.17) is 0 Å². The third kappa shape index (κ3) is 9.21. The molecule has 0 bridgehead atoms. The van der Waals surface area contributed by atoms with E-state index in [0.717, 1.165) is 19.3 Å². The van der Waals surface area contributed by atoms with Crippen LogP contribution in [0.15, 0.2) is 12.7 Å². The highest BCUT2D eigenvalue weighted by Gasteiger charge is 1.89. The fourth-order valence-corrected chi connectivity index (χ4v) is 1.12. The van der Waals surface area contributed by atoms with Gasteiger partial charge >= 0.3 is 0 Å². The number of unbranched alkanes of at least 4 members (excludes halogenated alkanes) is 6. The summed E-state index contributed by atoms with van der Waals surface area (Å²) in [5.74, 6) is 0. The third-order valence-electron chi connectivity index (χ3n) is 1.84. The molecule has 2 heteroatoms. The van der Waals surface area contributed by atoms with Crippen molar-refractivity contribution in [3.8, 4) is 0 Å². The van der Waals surface area contributed by atoms with E-state index in [0.29, 0.717) is 0 Å². The molecule has 0 aromatic heterocycles. The summed E-state index contributed by atoms with van der Waals surface area (Å²) in [7, 11) is 0. The summed E-state index contributed by atoms with van der Waals surface area (Å²) in [6.45, 7) is 3.67. The van der Waals surface area contributed by atoms with Crippen LogP contribution in [0.3, 0.4) is 0 Å². The topological polar surface area (TPSA) is 37.0 Å². The Labute approximate surface area is 75.0 Å². The molecule has 12 heavy (non-hydrogen) atoms. The van der Waals surface area contributed by atoms with Crippen molar-refractivity contribution < 1.29 is 5.16 Å². The minimum atomic E-state index is 0.894. The average molecular weight is 169 g/mol. The second kappa shape index (κ2) is 10.2. The van der Waals surface area contributed by atoms with E-state index in [-0.39, 0.29) is 0 Å². The maximum absolute atomic E-state index is 9.79. The molecule has 0 unspecified atom stereocenters. The van der Waals surface area contributed by atoms with Gasteiger partial charge in [0.2, 0.25) is 0 Å². The Balaban J connectivity index is 2.86. The van der Waals surface area contributed by atoms with Gasteiger partial charge in [0.25, 0.3) is 0 Å². The zero-order valence-corrected chi connectivity index (χ0v) is 7.72. The molecule has 0 aliphatic rings. The Bertz CT molecular complexity index is 121. The lowest BCUT2D eigenvalue weighted by atomic mass is 10.1. The highest BCUT2D eigenvalue weighted by atomic mass is 16.4. The molecule has 0 aromatic rings. The summed E-state index contributed by atoms with van der Waals surface area (Å²) in [4.78, 5) is 0. The number of hydrogen-bond donors (Lipinski definition) is 1. The van der Waals surface area contributed by atoms with E-state index in [9.17, 15) is 5.21 Å². The van der Waals surface area contributed by atoms with Crippen molar-refractivity contribution in [3.63, 3.8) is 0 Å². The SMILES string of the molecule is C=CCCCCCCCC=[NH+][O-]. The third-order valence-corrected chi connectivity index (χ3v) is 1.84. The first kappa shape index (κ1) is 11.2. The van der Waals surface area contributed by atoms with E-state index >= 15 is 0 Å². The van der Waals surface area contributed by atoms with Crippen LogP contribution in [0.25, 0.3) is 0 Å². The summed E-state index contributed by atoms with van der Waals surface area (Å²) in [5, 5.41) is 11.6. The molecule has 70 valence electrons. The lowest BCUT2D eigenvalue weighted by Crippen LogP contribution is -2.60. The quantitative estimate of drug-likeness (QED) is 0.193. The molecule has 0 saturated heterocycles. The fraction of sp³-hybridized carbons (Fsp3) is 0.700. The monoisotopic (exact) mass is 169 g/mol. The highest BCUT2D eigenvalue weighted by Crippen LogP contribution is 2.05. The van der Waals surface area contributed by atoms with E-state index < -0.39 is 0 Å². The van der Waals surface area contributed by atoms with E-state index in [1.165, 1.54) is 25.7 Å². The summed E-state index contributed by atoms with van der Waals surface area (Å²) in [5.41, 5.74) is 0. The van der Waals surface area contributed by atoms with Crippen LogP contribution in [0.4, 0.5) is 0 Å². The minimum Gasteiger partial charge on any atom is -0.626 e. The first-order chi connectivity index (χ1) is 5.91. The summed E-state index contributed by atoms with van der Waals surface area (Å²) in [6, 6.07) is 0. The fourth-order valence-electron chi connectivity index (χ4n) is 1.12. The molecule has 0 aliphatic heterocycles. The van der Waals surface area contributed by atoms with Crippen molar-refractivity contribution >= 4 is 6.21 Å². The van der Waals surface area contributed by atoms with Crippen LogP contribution in [0.2, 0.25) is 0 Å². The first-order valence-corrected chi connectivity index (χ1v) is 4.72. The van der Waals surface area contributed by atoms with Crippen molar-refractivity contribution in [2.24, 2.45) is 0 Å². The Kier molecular flexibility index (Phi) is 9.54. The minimum absolute atomic E-state index is 0.894. The number of rotatable bonds is 8. The van der Waals surface area contributed by atoms with Crippen molar-refractivity contribution in [1.29, 1.82) is 0 Å². The Morgan fingerprint density at radius 1 is 1.00 bits per heavy atom. The van der Waals surface area contributed by atoms with Crippen LogP contribution in [-0.2, 0) is 0 Å². The van der Waals surface area contributed by atoms with Crippen molar-refractivity contribution in [3.05, 3.63) is 17.9 Å². The molecule has 0 aliphatic carbocycles. The molecule has 0 radical (unpaired) electrons. The lowest BCUT2D eigenvalue weighted by Gasteiger charge is -1.96. The van der Waals surface area contributed by atoms with Crippen molar-refractivity contribution in [2.75, 3.05) is 0 Å². The van der Waals surface area contributed by atoms with Crippen molar-refractivity contribution in [2.45, 2.75) is 44.9 Å². The predicted octanol–water partition coefficient (Wildman–Crippen LogP) is 1.55. The van der Waals surface area contributed by atoms with Gasteiger partial charge < -0.3 is 5.21 Å². The predicted molar refractivity (Wildman–Crippen MR) is 52.9 cm³/mol. The molecule has 0 heterocycles. The maximum Gasteiger partial charge on any atom is 0.148 e. The van der Waals surface area contributed by atoms with Crippen LogP contribution < -0.4 is 5.16 Å². The zero-order chi connectivity index (χ0) is 9.07. The first-order valence-electron chi connectivity index (χ1n) is 4.72. The van der Waals surface area contributed by atoms with Gasteiger partial charge in [-0.05, 0) is 19.3 Å². The van der Waals surface area contributed by atoms with Gasteiger partial charge in [-0.1, -0.05) is 25.3 Å². The molecular formula is C10H19NO. The molecule has 0 fully saturated rings. The Hall–Kier alpha value is -0.790. The molecular weight excluding hydrogens is 150 g/mol. The van der Waals surface area contributed by atoms with Crippen LogP contribution in [0.5, 0.6) is 0 Å². The van der Waals surface area contributed by atoms with Crippen LogP contribution in [-0.4, -0.2) is 6.21 Å². The van der Waals surface area contributed by atoms with Gasteiger partial charge in [0.1, 0.15) is 6.21 Å². The van der Waals surface area contributed by atoms with Gasteiger partial charge in [-0.3, -0.25) is 0 Å². The summed E-state index contributed by atoms with van der Waals surface area (Å²) < 4.78 is 0. The second-order valence-corrected chi connectivity index (χ2v) is 2.96. The van der Waals surface area contributed by atoms with Gasteiger partial charge in [0, 0.05) is 6.42 Å². The number of allylic oxidation sites excluding steroid dienone is 1. The molecule has 0 atom stereocenters. The van der Waals surface area contributed by atoms with Gasteiger partial charge in [0.05, 0.1) is 0 Å². The summed E-state index contributed by atoms with van der Waals surface area (Å²) >= 11 is 0. The van der Waals surface area contributed by atoms with Gasteiger partial charge in [-0.25, -0.2) is 5.16 Å². The largest absolute Gasteiger partial charge is 0.626 e. The summed E-state index contributed by atoms with van der Waals surface area (Å²) in [6.07, 6.45) is 11.8. The molecule has 0 saturated carbocycles. The molecule has 2 nitrogen and oxygen atoms in total. The van der Waals surface area contributed by atoms with E-state index in [1.54, 1.807) is 11.4 Å². The zero-order valence-electron chi connectivity index (χ0n) is 7.72. The number of hydrogen-bond acceptors (Lipinski definition) is 1. The molecule has 0 amide bonds. The smallest absolute Gasteiger partial charge is 0.148 e. The van der Waals surface area contributed by atoms with Gasteiger partial charge in [-0.15, -0.1) is 6.58 Å². The standard InChI is InChI=1S/C10H19NO/c1-2-3-4-5-6-7-8-9-10-11-12/h2,10-11H,1,3-9H2. The highest BCUT2D eigenvalue weighted by molar-refractivity contribution is 5.49. The maximum atomic E-state index is 9.79. The van der Waals surface area contributed by atoms with Gasteiger partial charge in [0.15, 0.2) is 0 Å². The molecule has 0 rings (SSSR count).